The molecule has 2 atom stereocenters. The van der Waals surface area contributed by atoms with E-state index in [1.54, 1.807) is 0 Å². The number of piperidine rings is 1. The molecule has 0 aliphatic carbocycles. The van der Waals surface area contributed by atoms with Crippen LogP contribution in [0.15, 0.2) is 0 Å². The molecule has 1 unspecified atom stereocenters. The van der Waals surface area contributed by atoms with Crippen molar-refractivity contribution in [3.63, 3.8) is 0 Å². The van der Waals surface area contributed by atoms with Gasteiger partial charge < -0.3 is 16.0 Å². The number of rotatable bonds is 6. The molecule has 1 aliphatic heterocycles. The molecule has 106 valence electrons. The molecule has 1 heterocycles. The number of nitrogens with one attached hydrogen (secondary N) is 1. The fourth-order valence-corrected chi connectivity index (χ4v) is 2.34. The number of carbonyl (C=O) groups excluding carboxylic acids is 1. The zero-order valence-electron chi connectivity index (χ0n) is 12.1. The summed E-state index contributed by atoms with van der Waals surface area (Å²) in [7, 11) is 0. The number of nitrogens with two attached hydrogens (primary N) is 1. The van der Waals surface area contributed by atoms with Gasteiger partial charge in [0.25, 0.3) is 0 Å². The van der Waals surface area contributed by atoms with Crippen LogP contribution in [0.1, 0.15) is 40.0 Å². The molecule has 18 heavy (non-hydrogen) atoms. The van der Waals surface area contributed by atoms with Gasteiger partial charge in [-0.15, -0.1) is 0 Å². The molecule has 0 saturated carbocycles. The second-order valence-electron chi connectivity index (χ2n) is 5.98. The number of nitrogens with zero attached hydrogens (tertiary/aromatic N) is 1. The number of likely N-dealkylation sites (tertiary alicyclic amines) is 1. The van der Waals surface area contributed by atoms with E-state index in [2.05, 4.69) is 17.1 Å². The minimum atomic E-state index is -0.382. The quantitative estimate of drug-likeness (QED) is 0.750. The molecule has 1 rings (SSSR count). The fourth-order valence-electron chi connectivity index (χ4n) is 2.34. The van der Waals surface area contributed by atoms with Crippen molar-refractivity contribution in [3.8, 4) is 0 Å². The SMILES string of the molecule is CC(CNC(=O)[C@H](N)C(C)C)CN1CCCCC1. The number of amides is 1. The number of hydrogen-bond donors (Lipinski definition) is 2. The average Bonchev–Trinajstić information content (AvgIpc) is 2.36. The summed E-state index contributed by atoms with van der Waals surface area (Å²) in [5.74, 6) is 0.671. The molecule has 0 aromatic rings. The molecule has 0 bridgehead atoms. The van der Waals surface area contributed by atoms with Crippen molar-refractivity contribution in [3.05, 3.63) is 0 Å². The van der Waals surface area contributed by atoms with Crippen LogP contribution >= 0.6 is 0 Å². The third-order valence-electron chi connectivity index (χ3n) is 3.66. The van der Waals surface area contributed by atoms with Crippen LogP contribution in [-0.2, 0) is 4.79 Å². The Kier molecular flexibility index (Phi) is 6.65. The van der Waals surface area contributed by atoms with E-state index >= 15 is 0 Å². The van der Waals surface area contributed by atoms with E-state index in [1.807, 2.05) is 13.8 Å². The zero-order valence-corrected chi connectivity index (χ0v) is 12.1. The summed E-state index contributed by atoms with van der Waals surface area (Å²) in [5.41, 5.74) is 5.81. The van der Waals surface area contributed by atoms with Gasteiger partial charge in [-0.2, -0.15) is 0 Å². The predicted octanol–water partition coefficient (Wildman–Crippen LogP) is 1.21. The Morgan fingerprint density at radius 2 is 1.83 bits per heavy atom. The molecule has 4 nitrogen and oxygen atoms in total. The van der Waals surface area contributed by atoms with E-state index in [4.69, 9.17) is 5.73 Å². The highest BCUT2D eigenvalue weighted by atomic mass is 16.2. The lowest BCUT2D eigenvalue weighted by atomic mass is 10.0. The van der Waals surface area contributed by atoms with E-state index in [9.17, 15) is 4.79 Å². The maximum atomic E-state index is 11.7. The topological polar surface area (TPSA) is 58.4 Å². The Hall–Kier alpha value is -0.610. The van der Waals surface area contributed by atoms with Gasteiger partial charge in [0.05, 0.1) is 6.04 Å². The van der Waals surface area contributed by atoms with Crippen molar-refractivity contribution in [2.24, 2.45) is 17.6 Å². The predicted molar refractivity (Wildman–Crippen MR) is 75.3 cm³/mol. The van der Waals surface area contributed by atoms with Gasteiger partial charge in [0.15, 0.2) is 0 Å². The molecular formula is C14H29N3O. The Bertz CT molecular complexity index is 249. The van der Waals surface area contributed by atoms with Gasteiger partial charge in [0, 0.05) is 13.1 Å². The Morgan fingerprint density at radius 1 is 1.22 bits per heavy atom. The van der Waals surface area contributed by atoms with Crippen molar-refractivity contribution in [2.75, 3.05) is 26.2 Å². The maximum Gasteiger partial charge on any atom is 0.237 e. The first-order valence-corrected chi connectivity index (χ1v) is 7.26. The van der Waals surface area contributed by atoms with Crippen molar-refractivity contribution >= 4 is 5.91 Å². The molecule has 1 fully saturated rings. The molecule has 1 saturated heterocycles. The number of carbonyl (C=O) groups is 1. The van der Waals surface area contributed by atoms with Crippen LogP contribution < -0.4 is 11.1 Å². The Balaban J connectivity index is 2.19. The highest BCUT2D eigenvalue weighted by molar-refractivity contribution is 5.81. The Morgan fingerprint density at radius 3 is 2.39 bits per heavy atom. The first-order valence-electron chi connectivity index (χ1n) is 7.26. The molecule has 0 aromatic heterocycles. The van der Waals surface area contributed by atoms with Gasteiger partial charge >= 0.3 is 0 Å². The molecule has 0 radical (unpaired) electrons. The third kappa shape index (κ3) is 5.36. The van der Waals surface area contributed by atoms with Crippen LogP contribution in [0.2, 0.25) is 0 Å². The second-order valence-corrected chi connectivity index (χ2v) is 5.98. The monoisotopic (exact) mass is 255 g/mol. The smallest absolute Gasteiger partial charge is 0.237 e. The molecule has 1 amide bonds. The molecule has 0 aromatic carbocycles. The average molecular weight is 255 g/mol. The molecule has 3 N–H and O–H groups in total. The number of hydrogen-bond acceptors (Lipinski definition) is 3. The van der Waals surface area contributed by atoms with Crippen LogP contribution in [-0.4, -0.2) is 43.0 Å². The lowest BCUT2D eigenvalue weighted by Gasteiger charge is -2.29. The summed E-state index contributed by atoms with van der Waals surface area (Å²) in [6.45, 7) is 10.4. The standard InChI is InChI=1S/C14H29N3O/c1-11(2)13(15)14(18)16-9-12(3)10-17-7-5-4-6-8-17/h11-13H,4-10,15H2,1-3H3,(H,16,18)/t12?,13-/m1/s1. The summed E-state index contributed by atoms with van der Waals surface area (Å²) < 4.78 is 0. The van der Waals surface area contributed by atoms with Crippen LogP contribution in [0.5, 0.6) is 0 Å². The van der Waals surface area contributed by atoms with E-state index < -0.39 is 0 Å². The fraction of sp³-hybridized carbons (Fsp3) is 0.929. The van der Waals surface area contributed by atoms with Crippen molar-refractivity contribution in [2.45, 2.75) is 46.1 Å². The van der Waals surface area contributed by atoms with Crippen molar-refractivity contribution < 1.29 is 4.79 Å². The lowest BCUT2D eigenvalue weighted by Crippen LogP contribution is -2.46. The molecule has 0 spiro atoms. The van der Waals surface area contributed by atoms with Gasteiger partial charge in [-0.05, 0) is 37.8 Å². The van der Waals surface area contributed by atoms with Gasteiger partial charge in [0.1, 0.15) is 0 Å². The van der Waals surface area contributed by atoms with Gasteiger partial charge in [-0.3, -0.25) is 4.79 Å². The van der Waals surface area contributed by atoms with Crippen LogP contribution in [0.3, 0.4) is 0 Å². The van der Waals surface area contributed by atoms with Crippen molar-refractivity contribution in [1.29, 1.82) is 0 Å². The Labute approximate surface area is 111 Å². The largest absolute Gasteiger partial charge is 0.354 e. The molecule has 4 heteroatoms. The van der Waals surface area contributed by atoms with E-state index in [-0.39, 0.29) is 17.9 Å². The van der Waals surface area contributed by atoms with Gasteiger partial charge in [-0.1, -0.05) is 27.2 Å². The summed E-state index contributed by atoms with van der Waals surface area (Å²) in [6.07, 6.45) is 4.00. The van der Waals surface area contributed by atoms with E-state index in [0.29, 0.717) is 5.92 Å². The highest BCUT2D eigenvalue weighted by Gasteiger charge is 2.18. The summed E-state index contributed by atoms with van der Waals surface area (Å²) in [5, 5.41) is 2.96. The van der Waals surface area contributed by atoms with Crippen LogP contribution in [0.25, 0.3) is 0 Å². The normalized spacial score (nSPS) is 20.7. The second kappa shape index (κ2) is 7.74. The maximum absolute atomic E-state index is 11.7. The highest BCUT2D eigenvalue weighted by Crippen LogP contribution is 2.10. The first-order chi connectivity index (χ1) is 8.50. The summed E-state index contributed by atoms with van der Waals surface area (Å²) in [4.78, 5) is 14.2. The summed E-state index contributed by atoms with van der Waals surface area (Å²) >= 11 is 0. The van der Waals surface area contributed by atoms with E-state index in [1.165, 1.54) is 32.4 Å². The van der Waals surface area contributed by atoms with Crippen LogP contribution in [0.4, 0.5) is 0 Å². The summed E-state index contributed by atoms with van der Waals surface area (Å²) in [6, 6.07) is -0.382. The minimum Gasteiger partial charge on any atom is -0.354 e. The van der Waals surface area contributed by atoms with Gasteiger partial charge in [-0.25, -0.2) is 0 Å². The third-order valence-corrected chi connectivity index (χ3v) is 3.66. The van der Waals surface area contributed by atoms with Gasteiger partial charge in [0.2, 0.25) is 5.91 Å². The van der Waals surface area contributed by atoms with E-state index in [0.717, 1.165) is 13.1 Å². The molecular weight excluding hydrogens is 226 g/mol. The zero-order chi connectivity index (χ0) is 13.5. The molecule has 1 aliphatic rings. The van der Waals surface area contributed by atoms with Crippen LogP contribution in [0, 0.1) is 11.8 Å². The lowest BCUT2D eigenvalue weighted by molar-refractivity contribution is -0.123. The van der Waals surface area contributed by atoms with Crippen molar-refractivity contribution in [1.82, 2.24) is 10.2 Å². The first kappa shape index (κ1) is 15.4. The minimum absolute atomic E-state index is 0.0181.